The Bertz CT molecular complexity index is 2750. The van der Waals surface area contributed by atoms with Gasteiger partial charge in [-0.1, -0.05) is 177 Å². The Morgan fingerprint density at radius 2 is 0.944 bits per heavy atom. The highest BCUT2D eigenvalue weighted by Gasteiger charge is 2.23. The van der Waals surface area contributed by atoms with E-state index in [2.05, 4.69) is 121 Å². The molecule has 1 fully saturated rings. The van der Waals surface area contributed by atoms with Gasteiger partial charge in [-0.15, -0.1) is 0 Å². The number of benzene rings is 7. The smallest absolute Gasteiger partial charge is 0.164 e. The highest BCUT2D eigenvalue weighted by Crippen LogP contribution is 2.44. The summed E-state index contributed by atoms with van der Waals surface area (Å²) in [4.78, 5) is 15.3. The molecule has 4 nitrogen and oxygen atoms in total. The van der Waals surface area contributed by atoms with E-state index in [0.717, 1.165) is 49.8 Å². The molecule has 1 saturated carbocycles. The molecule has 0 amide bonds. The Labute approximate surface area is 314 Å². The van der Waals surface area contributed by atoms with E-state index in [4.69, 9.17) is 19.4 Å². The number of nitrogens with zero attached hydrogens (tertiary/aromatic N) is 3. The molecule has 258 valence electrons. The van der Waals surface area contributed by atoms with Crippen LogP contribution in [0, 0.1) is 0 Å². The maximum Gasteiger partial charge on any atom is 0.164 e. The molecule has 1 aliphatic rings. The standard InChI is InChI=1S/C50H37N3O/c1-4-14-33(15-5-1)34-26-28-38(29-27-34)49-51-48(37-20-8-3-9-21-37)52-50(53-49)43-24-13-25-45-46(43)42-23-12-22-41(47(42)54-45)39-30-31-40(35-16-6-2-7-17-35)44(32-39)36-18-10-11-19-36/h1-9,12-17,20-32,36H,10-11,18-19H2. The minimum atomic E-state index is 0.563. The number of rotatable bonds is 7. The van der Waals surface area contributed by atoms with Crippen LogP contribution >= 0.6 is 0 Å². The van der Waals surface area contributed by atoms with Crippen LogP contribution in [0.1, 0.15) is 37.2 Å². The Kier molecular flexibility index (Phi) is 8.14. The number of para-hydroxylation sites is 1. The Morgan fingerprint density at radius 3 is 1.65 bits per heavy atom. The van der Waals surface area contributed by atoms with Crippen molar-refractivity contribution in [3.05, 3.63) is 175 Å². The number of hydrogen-bond acceptors (Lipinski definition) is 4. The van der Waals surface area contributed by atoms with Crippen molar-refractivity contribution in [2.24, 2.45) is 0 Å². The predicted octanol–water partition coefficient (Wildman–Crippen LogP) is 13.4. The van der Waals surface area contributed by atoms with Crippen LogP contribution in [0.15, 0.2) is 174 Å². The van der Waals surface area contributed by atoms with Gasteiger partial charge in [0.05, 0.1) is 0 Å². The van der Waals surface area contributed by atoms with Gasteiger partial charge in [0.15, 0.2) is 17.5 Å². The van der Waals surface area contributed by atoms with E-state index < -0.39 is 0 Å². The average molecular weight is 696 g/mol. The van der Waals surface area contributed by atoms with Crippen LogP contribution in [0.3, 0.4) is 0 Å². The molecule has 10 rings (SSSR count). The fraction of sp³-hybridized carbons (Fsp3) is 0.100. The number of hydrogen-bond donors (Lipinski definition) is 0. The van der Waals surface area contributed by atoms with Gasteiger partial charge >= 0.3 is 0 Å². The van der Waals surface area contributed by atoms with Crippen molar-refractivity contribution in [1.29, 1.82) is 0 Å². The first-order valence-electron chi connectivity index (χ1n) is 18.9. The zero-order valence-electron chi connectivity index (χ0n) is 29.8. The minimum Gasteiger partial charge on any atom is -0.455 e. The third-order valence-electron chi connectivity index (χ3n) is 10.9. The molecule has 1 aliphatic carbocycles. The predicted molar refractivity (Wildman–Crippen MR) is 221 cm³/mol. The third-order valence-corrected chi connectivity index (χ3v) is 10.9. The summed E-state index contributed by atoms with van der Waals surface area (Å²) in [6, 6.07) is 59.5. The summed E-state index contributed by atoms with van der Waals surface area (Å²) in [6.45, 7) is 0. The lowest BCUT2D eigenvalue weighted by Crippen LogP contribution is -2.00. The molecule has 0 spiro atoms. The highest BCUT2D eigenvalue weighted by molar-refractivity contribution is 6.15. The van der Waals surface area contributed by atoms with Crippen LogP contribution in [0.2, 0.25) is 0 Å². The average Bonchev–Trinajstić information content (AvgIpc) is 3.94. The van der Waals surface area contributed by atoms with Crippen LogP contribution in [0.25, 0.3) is 89.5 Å². The van der Waals surface area contributed by atoms with E-state index >= 15 is 0 Å². The molecule has 0 bridgehead atoms. The molecule has 0 saturated heterocycles. The molecule has 0 N–H and O–H groups in total. The van der Waals surface area contributed by atoms with E-state index in [1.807, 2.05) is 48.5 Å². The van der Waals surface area contributed by atoms with Crippen LogP contribution in [-0.4, -0.2) is 15.0 Å². The molecule has 0 aliphatic heterocycles. The lowest BCUT2D eigenvalue weighted by atomic mass is 9.86. The van der Waals surface area contributed by atoms with Crippen molar-refractivity contribution in [1.82, 2.24) is 15.0 Å². The maximum absolute atomic E-state index is 6.79. The molecule has 7 aromatic carbocycles. The summed E-state index contributed by atoms with van der Waals surface area (Å²) in [5, 5.41) is 2.05. The Hall–Kier alpha value is -6.65. The van der Waals surface area contributed by atoms with Gasteiger partial charge in [0, 0.05) is 33.0 Å². The first-order valence-corrected chi connectivity index (χ1v) is 18.9. The first kappa shape index (κ1) is 32.0. The van der Waals surface area contributed by atoms with Crippen LogP contribution in [0.5, 0.6) is 0 Å². The minimum absolute atomic E-state index is 0.563. The molecule has 0 radical (unpaired) electrons. The third kappa shape index (κ3) is 5.86. The maximum atomic E-state index is 6.79. The second kappa shape index (κ2) is 13.7. The summed E-state index contributed by atoms with van der Waals surface area (Å²) >= 11 is 0. The molecular weight excluding hydrogens is 659 g/mol. The Morgan fingerprint density at radius 1 is 0.407 bits per heavy atom. The topological polar surface area (TPSA) is 51.8 Å². The Balaban J connectivity index is 1.12. The van der Waals surface area contributed by atoms with Gasteiger partial charge in [-0.25, -0.2) is 15.0 Å². The molecule has 2 heterocycles. The highest BCUT2D eigenvalue weighted by atomic mass is 16.3. The van der Waals surface area contributed by atoms with Crippen molar-refractivity contribution in [2.75, 3.05) is 0 Å². The van der Waals surface area contributed by atoms with Gasteiger partial charge in [-0.2, -0.15) is 0 Å². The largest absolute Gasteiger partial charge is 0.455 e. The van der Waals surface area contributed by atoms with E-state index in [9.17, 15) is 0 Å². The lowest BCUT2D eigenvalue weighted by molar-refractivity contribution is 0.670. The van der Waals surface area contributed by atoms with Crippen molar-refractivity contribution in [3.63, 3.8) is 0 Å². The zero-order chi connectivity index (χ0) is 35.8. The monoisotopic (exact) mass is 695 g/mol. The number of aromatic nitrogens is 3. The summed E-state index contributed by atoms with van der Waals surface area (Å²) in [5.74, 6) is 2.43. The summed E-state index contributed by atoms with van der Waals surface area (Å²) in [7, 11) is 0. The SMILES string of the molecule is c1ccc(-c2ccc(-c3nc(-c4ccccc4)nc(-c4cccc5oc6c(-c7ccc(-c8ccccc8)c(C8CCCC8)c7)cccc6c45)n3)cc2)cc1. The normalized spacial score (nSPS) is 13.2. The van der Waals surface area contributed by atoms with Crippen molar-refractivity contribution in [3.8, 4) is 67.5 Å². The fourth-order valence-electron chi connectivity index (χ4n) is 8.23. The molecular formula is C50H37N3O. The molecule has 0 atom stereocenters. The van der Waals surface area contributed by atoms with Gasteiger partial charge < -0.3 is 4.42 Å². The van der Waals surface area contributed by atoms with Gasteiger partial charge in [-0.3, -0.25) is 0 Å². The fourth-order valence-corrected chi connectivity index (χ4v) is 8.23. The van der Waals surface area contributed by atoms with E-state index in [0.29, 0.717) is 23.4 Å². The molecule has 2 aromatic heterocycles. The van der Waals surface area contributed by atoms with E-state index in [1.165, 1.54) is 53.5 Å². The van der Waals surface area contributed by atoms with Crippen LogP contribution < -0.4 is 0 Å². The molecule has 4 heteroatoms. The molecule has 9 aromatic rings. The first-order chi connectivity index (χ1) is 26.8. The zero-order valence-corrected chi connectivity index (χ0v) is 29.8. The summed E-state index contributed by atoms with van der Waals surface area (Å²) < 4.78 is 6.79. The summed E-state index contributed by atoms with van der Waals surface area (Å²) in [6.07, 6.45) is 5.04. The van der Waals surface area contributed by atoms with Gasteiger partial charge in [-0.05, 0) is 58.2 Å². The van der Waals surface area contributed by atoms with Crippen LogP contribution in [0.4, 0.5) is 0 Å². The van der Waals surface area contributed by atoms with Crippen molar-refractivity contribution >= 4 is 21.9 Å². The number of fused-ring (bicyclic) bond motifs is 3. The van der Waals surface area contributed by atoms with Gasteiger partial charge in [0.1, 0.15) is 11.2 Å². The van der Waals surface area contributed by atoms with Crippen LogP contribution in [-0.2, 0) is 0 Å². The van der Waals surface area contributed by atoms with E-state index in [-0.39, 0.29) is 0 Å². The van der Waals surface area contributed by atoms with Crippen molar-refractivity contribution < 1.29 is 4.42 Å². The number of furan rings is 1. The lowest BCUT2D eigenvalue weighted by Gasteiger charge is -2.18. The quantitative estimate of drug-likeness (QED) is 0.167. The van der Waals surface area contributed by atoms with Crippen molar-refractivity contribution in [2.45, 2.75) is 31.6 Å². The molecule has 0 unspecified atom stereocenters. The van der Waals surface area contributed by atoms with Gasteiger partial charge in [0.2, 0.25) is 0 Å². The van der Waals surface area contributed by atoms with E-state index in [1.54, 1.807) is 0 Å². The van der Waals surface area contributed by atoms with Gasteiger partial charge in [0.25, 0.3) is 0 Å². The second-order valence-electron chi connectivity index (χ2n) is 14.2. The molecule has 54 heavy (non-hydrogen) atoms. The second-order valence-corrected chi connectivity index (χ2v) is 14.2. The summed E-state index contributed by atoms with van der Waals surface area (Å²) in [5.41, 5.74) is 13.1.